The van der Waals surface area contributed by atoms with Gasteiger partial charge in [-0.3, -0.25) is 9.78 Å². The number of amides is 1. The van der Waals surface area contributed by atoms with Gasteiger partial charge in [0.2, 0.25) is 0 Å². The number of hydrogen-bond donors (Lipinski definition) is 2. The number of anilines is 1. The van der Waals surface area contributed by atoms with Gasteiger partial charge >= 0.3 is 0 Å². The number of nitrogens with zero attached hydrogens (tertiary/aromatic N) is 1. The summed E-state index contributed by atoms with van der Waals surface area (Å²) in [4.78, 5) is 16.5. The van der Waals surface area contributed by atoms with Crippen molar-refractivity contribution < 1.29 is 4.79 Å². The summed E-state index contributed by atoms with van der Waals surface area (Å²) < 4.78 is 0. The molecule has 1 heterocycles. The average molecular weight is 380 g/mol. The van der Waals surface area contributed by atoms with Crippen LogP contribution in [0.4, 0.5) is 5.69 Å². The number of pyridine rings is 1. The van der Waals surface area contributed by atoms with Gasteiger partial charge in [0.05, 0.1) is 11.3 Å². The highest BCUT2D eigenvalue weighted by Gasteiger charge is 2.07. The second kappa shape index (κ2) is 9.19. The number of benzene rings is 2. The first-order chi connectivity index (χ1) is 13.1. The highest BCUT2D eigenvalue weighted by Crippen LogP contribution is 2.12. The molecular weight excluding hydrogens is 358 g/mol. The number of aromatic nitrogens is 1. The fourth-order valence-corrected chi connectivity index (χ4v) is 2.78. The topological polar surface area (TPSA) is 54.0 Å². The van der Waals surface area contributed by atoms with E-state index in [1.807, 2.05) is 61.5 Å². The van der Waals surface area contributed by atoms with Crippen LogP contribution in [0.15, 0.2) is 67.0 Å². The van der Waals surface area contributed by atoms with E-state index < -0.39 is 0 Å². The third-order valence-electron chi connectivity index (χ3n) is 4.23. The van der Waals surface area contributed by atoms with Gasteiger partial charge < -0.3 is 10.6 Å². The molecule has 0 atom stereocenters. The van der Waals surface area contributed by atoms with Crippen molar-refractivity contribution in [3.8, 4) is 0 Å². The zero-order valence-corrected chi connectivity index (χ0v) is 16.0. The Morgan fingerprint density at radius 1 is 1.00 bits per heavy atom. The van der Waals surface area contributed by atoms with E-state index >= 15 is 0 Å². The Kier molecular flexibility index (Phi) is 6.44. The maximum Gasteiger partial charge on any atom is 0.253 e. The van der Waals surface area contributed by atoms with E-state index in [1.165, 1.54) is 11.1 Å². The summed E-state index contributed by atoms with van der Waals surface area (Å²) in [5.74, 6) is -0.135. The minimum atomic E-state index is -0.135. The van der Waals surface area contributed by atoms with Crippen LogP contribution in [0.1, 0.15) is 27.0 Å². The Morgan fingerprint density at radius 2 is 1.70 bits per heavy atom. The third kappa shape index (κ3) is 5.83. The number of rotatable bonds is 7. The lowest BCUT2D eigenvalue weighted by Gasteiger charge is -2.09. The van der Waals surface area contributed by atoms with Gasteiger partial charge in [-0.25, -0.2) is 0 Å². The van der Waals surface area contributed by atoms with Gasteiger partial charge in [-0.15, -0.1) is 0 Å². The quantitative estimate of drug-likeness (QED) is 0.629. The summed E-state index contributed by atoms with van der Waals surface area (Å²) >= 11 is 5.90. The first kappa shape index (κ1) is 18.9. The Bertz CT molecular complexity index is 892. The predicted octanol–water partition coefficient (Wildman–Crippen LogP) is 4.63. The van der Waals surface area contributed by atoms with Crippen LogP contribution >= 0.6 is 11.6 Å². The van der Waals surface area contributed by atoms with Crippen LogP contribution in [-0.4, -0.2) is 17.4 Å². The summed E-state index contributed by atoms with van der Waals surface area (Å²) in [5, 5.41) is 6.97. The number of hydrogen-bond acceptors (Lipinski definition) is 3. The maximum atomic E-state index is 12.4. The van der Waals surface area contributed by atoms with Crippen molar-refractivity contribution in [2.24, 2.45) is 0 Å². The molecule has 0 radical (unpaired) electrons. The molecule has 2 N–H and O–H groups in total. The Balaban J connectivity index is 1.52. The van der Waals surface area contributed by atoms with Crippen LogP contribution in [0.25, 0.3) is 0 Å². The fraction of sp³-hybridized carbons (Fsp3) is 0.182. The van der Waals surface area contributed by atoms with Crippen molar-refractivity contribution in [2.45, 2.75) is 19.9 Å². The monoisotopic (exact) mass is 379 g/mol. The zero-order valence-electron chi connectivity index (χ0n) is 15.2. The second-order valence-corrected chi connectivity index (χ2v) is 6.87. The van der Waals surface area contributed by atoms with Crippen molar-refractivity contribution >= 4 is 23.2 Å². The smallest absolute Gasteiger partial charge is 0.253 e. The predicted molar refractivity (Wildman–Crippen MR) is 110 cm³/mol. The van der Waals surface area contributed by atoms with Crippen LogP contribution in [0.3, 0.4) is 0 Å². The van der Waals surface area contributed by atoms with Crippen molar-refractivity contribution in [3.63, 3.8) is 0 Å². The molecule has 2 aromatic carbocycles. The Labute approximate surface area is 164 Å². The van der Waals surface area contributed by atoms with E-state index in [0.29, 0.717) is 12.1 Å². The second-order valence-electron chi connectivity index (χ2n) is 6.43. The molecule has 1 amide bonds. The lowest BCUT2D eigenvalue weighted by Crippen LogP contribution is -2.23. The van der Waals surface area contributed by atoms with Crippen LogP contribution < -0.4 is 10.6 Å². The van der Waals surface area contributed by atoms with Gasteiger partial charge in [0, 0.05) is 30.5 Å². The van der Waals surface area contributed by atoms with Crippen LogP contribution in [0, 0.1) is 6.92 Å². The summed E-state index contributed by atoms with van der Waals surface area (Å²) in [7, 11) is 0. The standard InChI is InChI=1S/C22H22ClN3O/c1-16-2-4-18(5-3-16)13-26-22(27)19-12-21(15-24-14-19)25-11-10-17-6-8-20(23)9-7-17/h2-9,12,14-15,25H,10-11,13H2,1H3,(H,26,27). The summed E-state index contributed by atoms with van der Waals surface area (Å²) in [5.41, 5.74) is 4.84. The molecule has 3 aromatic rings. The largest absolute Gasteiger partial charge is 0.383 e. The van der Waals surface area contributed by atoms with Crippen molar-refractivity contribution in [1.29, 1.82) is 0 Å². The number of aryl methyl sites for hydroxylation is 1. The number of carbonyl (C=O) groups is 1. The summed E-state index contributed by atoms with van der Waals surface area (Å²) in [6.45, 7) is 3.28. The molecule has 138 valence electrons. The molecule has 0 saturated carbocycles. The Morgan fingerprint density at radius 3 is 2.44 bits per heavy atom. The van der Waals surface area contributed by atoms with E-state index in [2.05, 4.69) is 15.6 Å². The minimum Gasteiger partial charge on any atom is -0.383 e. The van der Waals surface area contributed by atoms with Gasteiger partial charge in [0.15, 0.2) is 0 Å². The van der Waals surface area contributed by atoms with E-state index in [-0.39, 0.29) is 5.91 Å². The SMILES string of the molecule is Cc1ccc(CNC(=O)c2cncc(NCCc3ccc(Cl)cc3)c2)cc1. The molecule has 0 unspecified atom stereocenters. The van der Waals surface area contributed by atoms with Gasteiger partial charge in [-0.1, -0.05) is 53.6 Å². The molecule has 0 saturated heterocycles. The van der Waals surface area contributed by atoms with Gasteiger partial charge in [-0.05, 0) is 42.7 Å². The van der Waals surface area contributed by atoms with E-state index in [4.69, 9.17) is 11.6 Å². The molecule has 0 aliphatic carbocycles. The first-order valence-corrected chi connectivity index (χ1v) is 9.25. The molecule has 1 aromatic heterocycles. The summed E-state index contributed by atoms with van der Waals surface area (Å²) in [6, 6.07) is 17.7. The molecule has 0 bridgehead atoms. The van der Waals surface area contributed by atoms with Crippen LogP contribution in [-0.2, 0) is 13.0 Å². The van der Waals surface area contributed by atoms with Crippen LogP contribution in [0.5, 0.6) is 0 Å². The number of carbonyl (C=O) groups excluding carboxylic acids is 1. The number of nitrogens with one attached hydrogen (secondary N) is 2. The summed E-state index contributed by atoms with van der Waals surface area (Å²) in [6.07, 6.45) is 4.16. The van der Waals surface area contributed by atoms with Gasteiger partial charge in [0.1, 0.15) is 0 Å². The average Bonchev–Trinajstić information content (AvgIpc) is 2.69. The number of halogens is 1. The molecule has 0 aliphatic heterocycles. The molecule has 27 heavy (non-hydrogen) atoms. The maximum absolute atomic E-state index is 12.4. The molecule has 3 rings (SSSR count). The van der Waals surface area contributed by atoms with Gasteiger partial charge in [0.25, 0.3) is 5.91 Å². The highest BCUT2D eigenvalue weighted by atomic mass is 35.5. The van der Waals surface area contributed by atoms with E-state index in [0.717, 1.165) is 29.2 Å². The fourth-order valence-electron chi connectivity index (χ4n) is 2.65. The van der Waals surface area contributed by atoms with Gasteiger partial charge in [-0.2, -0.15) is 0 Å². The Hall–Kier alpha value is -2.85. The van der Waals surface area contributed by atoms with Crippen molar-refractivity contribution in [3.05, 3.63) is 94.3 Å². The normalized spacial score (nSPS) is 10.4. The molecule has 4 nitrogen and oxygen atoms in total. The zero-order chi connectivity index (χ0) is 19.1. The molecule has 0 spiro atoms. The molecule has 5 heteroatoms. The van der Waals surface area contributed by atoms with E-state index in [9.17, 15) is 4.79 Å². The lowest BCUT2D eigenvalue weighted by molar-refractivity contribution is 0.0950. The minimum absolute atomic E-state index is 0.135. The molecular formula is C22H22ClN3O. The lowest BCUT2D eigenvalue weighted by atomic mass is 10.1. The van der Waals surface area contributed by atoms with Crippen LogP contribution in [0.2, 0.25) is 5.02 Å². The van der Waals surface area contributed by atoms with E-state index in [1.54, 1.807) is 12.4 Å². The molecule has 0 fully saturated rings. The first-order valence-electron chi connectivity index (χ1n) is 8.87. The van der Waals surface area contributed by atoms with Crippen molar-refractivity contribution in [1.82, 2.24) is 10.3 Å². The molecule has 0 aliphatic rings. The van der Waals surface area contributed by atoms with Crippen molar-refractivity contribution in [2.75, 3.05) is 11.9 Å². The highest BCUT2D eigenvalue weighted by molar-refractivity contribution is 6.30. The third-order valence-corrected chi connectivity index (χ3v) is 4.48.